The van der Waals surface area contributed by atoms with Crippen molar-refractivity contribution in [3.8, 4) is 0 Å². The first-order chi connectivity index (χ1) is 7.77. The van der Waals surface area contributed by atoms with Gasteiger partial charge in [-0.15, -0.1) is 0 Å². The Bertz CT molecular complexity index is 535. The molecule has 2 aromatic rings. The molecule has 0 aromatic heterocycles. The van der Waals surface area contributed by atoms with Gasteiger partial charge in [0.2, 0.25) is 0 Å². The Morgan fingerprint density at radius 2 is 1.75 bits per heavy atom. The van der Waals surface area contributed by atoms with Gasteiger partial charge in [-0.3, -0.25) is 0 Å². The first kappa shape index (κ1) is 9.79. The van der Waals surface area contributed by atoms with Gasteiger partial charge in [0, 0.05) is 11.4 Å². The van der Waals surface area contributed by atoms with Crippen LogP contribution in [0.5, 0.6) is 0 Å². The Labute approximate surface area is 94.1 Å². The molecule has 0 aliphatic heterocycles. The van der Waals surface area contributed by atoms with Crippen molar-refractivity contribution in [3.63, 3.8) is 0 Å². The molecule has 0 bridgehead atoms. The second-order valence-corrected chi connectivity index (χ2v) is 4.53. The lowest BCUT2D eigenvalue weighted by molar-refractivity contribution is 0.348. The topological polar surface area (TPSA) is 26.0 Å². The van der Waals surface area contributed by atoms with E-state index in [-0.39, 0.29) is 11.9 Å². The summed E-state index contributed by atoms with van der Waals surface area (Å²) in [5.41, 5.74) is 7.19. The molecule has 2 atom stereocenters. The molecule has 2 heteroatoms. The van der Waals surface area contributed by atoms with E-state index in [0.717, 1.165) is 18.2 Å². The van der Waals surface area contributed by atoms with Crippen LogP contribution < -0.4 is 5.73 Å². The minimum absolute atomic E-state index is 0.146. The zero-order valence-corrected chi connectivity index (χ0v) is 8.99. The highest BCUT2D eigenvalue weighted by Crippen LogP contribution is 2.39. The van der Waals surface area contributed by atoms with Gasteiger partial charge >= 0.3 is 0 Å². The van der Waals surface area contributed by atoms with Gasteiger partial charge in [0.1, 0.15) is 5.82 Å². The van der Waals surface area contributed by atoms with Crippen molar-refractivity contribution in [2.75, 3.05) is 0 Å². The summed E-state index contributed by atoms with van der Waals surface area (Å²) >= 11 is 0. The molecule has 1 saturated carbocycles. The van der Waals surface area contributed by atoms with E-state index in [4.69, 9.17) is 5.73 Å². The molecular formula is C14H14FN. The van der Waals surface area contributed by atoms with Crippen LogP contribution in [-0.2, 0) is 0 Å². The zero-order chi connectivity index (χ0) is 11.1. The summed E-state index contributed by atoms with van der Waals surface area (Å²) in [5, 5.41) is 1.72. The second kappa shape index (κ2) is 3.56. The lowest BCUT2D eigenvalue weighted by Crippen LogP contribution is -2.37. The third-order valence-corrected chi connectivity index (χ3v) is 3.63. The fourth-order valence-electron chi connectivity index (χ4n) is 2.53. The van der Waals surface area contributed by atoms with Crippen LogP contribution >= 0.6 is 0 Å². The van der Waals surface area contributed by atoms with Crippen molar-refractivity contribution in [3.05, 3.63) is 47.8 Å². The summed E-state index contributed by atoms with van der Waals surface area (Å²) in [5.74, 6) is 0.262. The van der Waals surface area contributed by atoms with Crippen LogP contribution in [0.25, 0.3) is 10.8 Å². The molecule has 2 N–H and O–H groups in total. The minimum atomic E-state index is -0.146. The number of rotatable bonds is 1. The van der Waals surface area contributed by atoms with Crippen molar-refractivity contribution < 1.29 is 4.39 Å². The van der Waals surface area contributed by atoms with Gasteiger partial charge in [-0.25, -0.2) is 4.39 Å². The lowest BCUT2D eigenvalue weighted by Gasteiger charge is -2.34. The summed E-state index contributed by atoms with van der Waals surface area (Å²) in [6.45, 7) is 0. The molecule has 0 amide bonds. The molecule has 1 aliphatic rings. The largest absolute Gasteiger partial charge is 0.327 e. The van der Waals surface area contributed by atoms with Crippen LogP contribution in [0.2, 0.25) is 0 Å². The number of hydrogen-bond donors (Lipinski definition) is 1. The van der Waals surface area contributed by atoms with Crippen molar-refractivity contribution in [1.82, 2.24) is 0 Å². The highest BCUT2D eigenvalue weighted by molar-refractivity contribution is 5.86. The normalized spacial score (nSPS) is 24.4. The smallest absolute Gasteiger partial charge is 0.131 e. The quantitative estimate of drug-likeness (QED) is 0.776. The Balaban J connectivity index is 2.21. The van der Waals surface area contributed by atoms with E-state index < -0.39 is 0 Å². The third-order valence-electron chi connectivity index (χ3n) is 3.63. The third kappa shape index (κ3) is 1.34. The maximum Gasteiger partial charge on any atom is 0.131 e. The van der Waals surface area contributed by atoms with Crippen LogP contribution in [0.3, 0.4) is 0 Å². The molecular weight excluding hydrogens is 201 g/mol. The highest BCUT2D eigenvalue weighted by atomic mass is 19.1. The predicted octanol–water partition coefficient (Wildman–Crippen LogP) is 3.18. The van der Waals surface area contributed by atoms with Crippen molar-refractivity contribution in [1.29, 1.82) is 0 Å². The Morgan fingerprint density at radius 3 is 2.44 bits per heavy atom. The maximum absolute atomic E-state index is 13.6. The monoisotopic (exact) mass is 215 g/mol. The zero-order valence-electron chi connectivity index (χ0n) is 8.99. The molecule has 1 nitrogen and oxygen atoms in total. The number of fused-ring (bicyclic) bond motifs is 1. The SMILES string of the molecule is N[C@@H]1CC[C@H]1c1cccc2c(F)cccc12. The Kier molecular flexibility index (Phi) is 2.18. The molecule has 0 heterocycles. The van der Waals surface area contributed by atoms with E-state index in [1.165, 1.54) is 11.6 Å². The fourth-order valence-corrected chi connectivity index (χ4v) is 2.53. The molecule has 82 valence electrons. The van der Waals surface area contributed by atoms with E-state index in [1.54, 1.807) is 6.07 Å². The summed E-state index contributed by atoms with van der Waals surface area (Å²) in [6.07, 6.45) is 2.20. The predicted molar refractivity (Wildman–Crippen MR) is 63.9 cm³/mol. The van der Waals surface area contributed by atoms with Crippen LogP contribution in [-0.4, -0.2) is 6.04 Å². The second-order valence-electron chi connectivity index (χ2n) is 4.53. The summed E-state index contributed by atoms with van der Waals surface area (Å²) in [4.78, 5) is 0. The van der Waals surface area contributed by atoms with Gasteiger partial charge in [0.25, 0.3) is 0 Å². The minimum Gasteiger partial charge on any atom is -0.327 e. The van der Waals surface area contributed by atoms with Gasteiger partial charge in [-0.1, -0.05) is 30.3 Å². The molecule has 0 radical (unpaired) electrons. The standard InChI is InChI=1S/C14H14FN/c15-13-6-2-4-9-10(3-1-5-11(9)13)12-7-8-14(12)16/h1-6,12,14H,7-8,16H2/t12-,14+/m0/s1. The average molecular weight is 215 g/mol. The lowest BCUT2D eigenvalue weighted by atomic mass is 9.74. The van der Waals surface area contributed by atoms with Gasteiger partial charge in [-0.05, 0) is 35.8 Å². The van der Waals surface area contributed by atoms with Gasteiger partial charge in [-0.2, -0.15) is 0 Å². The summed E-state index contributed by atoms with van der Waals surface area (Å²) in [6, 6.07) is 11.3. The van der Waals surface area contributed by atoms with Gasteiger partial charge in [0.05, 0.1) is 0 Å². The molecule has 1 aliphatic carbocycles. The number of hydrogen-bond acceptors (Lipinski definition) is 1. The van der Waals surface area contributed by atoms with Crippen LogP contribution in [0.1, 0.15) is 24.3 Å². The maximum atomic E-state index is 13.6. The molecule has 2 aromatic carbocycles. The van der Waals surface area contributed by atoms with E-state index in [9.17, 15) is 4.39 Å². The van der Waals surface area contributed by atoms with E-state index in [1.807, 2.05) is 18.2 Å². The average Bonchev–Trinajstić information content (AvgIpc) is 2.29. The molecule has 0 spiro atoms. The number of benzene rings is 2. The fraction of sp³-hybridized carbons (Fsp3) is 0.286. The van der Waals surface area contributed by atoms with Crippen molar-refractivity contribution >= 4 is 10.8 Å². The van der Waals surface area contributed by atoms with Gasteiger partial charge in [0.15, 0.2) is 0 Å². The van der Waals surface area contributed by atoms with Crippen LogP contribution in [0.4, 0.5) is 4.39 Å². The van der Waals surface area contributed by atoms with Crippen molar-refractivity contribution in [2.24, 2.45) is 5.73 Å². The van der Waals surface area contributed by atoms with Crippen molar-refractivity contribution in [2.45, 2.75) is 24.8 Å². The molecule has 16 heavy (non-hydrogen) atoms. The Morgan fingerprint density at radius 1 is 1.00 bits per heavy atom. The molecule has 0 unspecified atom stereocenters. The van der Waals surface area contributed by atoms with Gasteiger partial charge < -0.3 is 5.73 Å². The number of halogens is 1. The molecule has 3 rings (SSSR count). The van der Waals surface area contributed by atoms with E-state index in [0.29, 0.717) is 11.3 Å². The van der Waals surface area contributed by atoms with Crippen LogP contribution in [0.15, 0.2) is 36.4 Å². The summed E-state index contributed by atoms with van der Waals surface area (Å²) in [7, 11) is 0. The first-order valence-corrected chi connectivity index (χ1v) is 5.70. The number of nitrogens with two attached hydrogens (primary N) is 1. The first-order valence-electron chi connectivity index (χ1n) is 5.70. The molecule has 1 fully saturated rings. The Hall–Kier alpha value is -1.41. The summed E-state index contributed by atoms with van der Waals surface area (Å²) < 4.78 is 13.6. The van der Waals surface area contributed by atoms with Crippen LogP contribution in [0, 0.1) is 5.82 Å². The van der Waals surface area contributed by atoms with E-state index >= 15 is 0 Å². The molecule has 0 saturated heterocycles. The highest BCUT2D eigenvalue weighted by Gasteiger charge is 2.29. The van der Waals surface area contributed by atoms with E-state index in [2.05, 4.69) is 6.07 Å².